The lowest BCUT2D eigenvalue weighted by molar-refractivity contribution is -0.384. The number of ether oxygens (including phenoxy) is 1. The highest BCUT2D eigenvalue weighted by Gasteiger charge is 2.12. The van der Waals surface area contributed by atoms with Gasteiger partial charge in [0.1, 0.15) is 5.75 Å². The van der Waals surface area contributed by atoms with E-state index in [4.69, 9.17) is 4.74 Å². The number of aryl methyl sites for hydroxylation is 2. The fourth-order valence-corrected chi connectivity index (χ4v) is 2.30. The number of hydrogen-bond acceptors (Lipinski definition) is 6. The summed E-state index contributed by atoms with van der Waals surface area (Å²) in [4.78, 5) is 34.3. The Morgan fingerprint density at radius 1 is 1.10 bits per heavy atom. The number of carbonyl (C=O) groups excluding carboxylic acids is 2. The number of rotatable bonds is 8. The quantitative estimate of drug-likeness (QED) is 0.402. The van der Waals surface area contributed by atoms with Crippen LogP contribution in [0.4, 0.5) is 11.4 Å². The van der Waals surface area contributed by atoms with Crippen molar-refractivity contribution in [2.24, 2.45) is 5.10 Å². The zero-order valence-electron chi connectivity index (χ0n) is 16.4. The minimum atomic E-state index is -0.532. The van der Waals surface area contributed by atoms with Crippen molar-refractivity contribution in [1.29, 1.82) is 0 Å². The Bertz CT molecular complexity index is 938. The van der Waals surface area contributed by atoms with Gasteiger partial charge in [0.15, 0.2) is 6.61 Å². The maximum Gasteiger partial charge on any atom is 0.277 e. The van der Waals surface area contributed by atoms with Crippen LogP contribution < -0.4 is 15.5 Å². The normalized spacial score (nSPS) is 10.9. The van der Waals surface area contributed by atoms with Crippen LogP contribution in [0, 0.1) is 24.0 Å². The molecule has 0 fully saturated rings. The number of nitrogens with zero attached hydrogens (tertiary/aromatic N) is 2. The summed E-state index contributed by atoms with van der Waals surface area (Å²) < 4.78 is 5.34. The van der Waals surface area contributed by atoms with Gasteiger partial charge in [-0.2, -0.15) is 5.10 Å². The fourth-order valence-electron chi connectivity index (χ4n) is 2.30. The molecule has 0 bridgehead atoms. The van der Waals surface area contributed by atoms with E-state index >= 15 is 0 Å². The monoisotopic (exact) mass is 398 g/mol. The van der Waals surface area contributed by atoms with Gasteiger partial charge in [0.05, 0.1) is 17.0 Å². The third-order valence-electron chi connectivity index (χ3n) is 3.88. The summed E-state index contributed by atoms with van der Waals surface area (Å²) in [7, 11) is 0. The number of nitro benzene ring substituents is 1. The summed E-state index contributed by atoms with van der Waals surface area (Å²) in [6.45, 7) is 5.05. The smallest absolute Gasteiger partial charge is 0.277 e. The predicted octanol–water partition coefficient (Wildman–Crippen LogP) is 3.11. The maximum atomic E-state index is 12.1. The molecule has 0 saturated carbocycles. The van der Waals surface area contributed by atoms with Gasteiger partial charge in [-0.05, 0) is 38.5 Å². The second kappa shape index (κ2) is 9.98. The Kier molecular flexibility index (Phi) is 7.41. The number of anilines is 1. The molecule has 0 spiro atoms. The molecule has 9 heteroatoms. The van der Waals surface area contributed by atoms with Crippen LogP contribution in [0.2, 0.25) is 0 Å². The van der Waals surface area contributed by atoms with Crippen LogP contribution in [0.1, 0.15) is 24.5 Å². The number of amides is 2. The van der Waals surface area contributed by atoms with Crippen molar-refractivity contribution < 1.29 is 19.2 Å². The summed E-state index contributed by atoms with van der Waals surface area (Å²) in [5.74, 6) is -0.294. The second-order valence-corrected chi connectivity index (χ2v) is 6.47. The highest BCUT2D eigenvalue weighted by atomic mass is 16.6. The number of hydrogen-bond donors (Lipinski definition) is 2. The van der Waals surface area contributed by atoms with Crippen molar-refractivity contribution >= 4 is 28.9 Å². The van der Waals surface area contributed by atoms with Gasteiger partial charge in [0, 0.05) is 17.8 Å². The SMILES string of the molecule is C/C(CC(=O)Nc1cc([N+](=O)[O-])ccc1C)=N/NC(=O)COc1ccc(C)cc1. The van der Waals surface area contributed by atoms with Gasteiger partial charge in [-0.15, -0.1) is 0 Å². The summed E-state index contributed by atoms with van der Waals surface area (Å²) in [6, 6.07) is 11.5. The zero-order valence-corrected chi connectivity index (χ0v) is 16.4. The Balaban J connectivity index is 1.83. The molecule has 0 aromatic heterocycles. The number of nitrogens with one attached hydrogen (secondary N) is 2. The van der Waals surface area contributed by atoms with Crippen molar-refractivity contribution in [1.82, 2.24) is 5.43 Å². The number of benzene rings is 2. The lowest BCUT2D eigenvalue weighted by atomic mass is 10.1. The molecule has 2 rings (SSSR count). The molecule has 0 heterocycles. The van der Waals surface area contributed by atoms with Crippen molar-refractivity contribution in [2.75, 3.05) is 11.9 Å². The van der Waals surface area contributed by atoms with E-state index in [1.54, 1.807) is 32.0 Å². The van der Waals surface area contributed by atoms with Crippen molar-refractivity contribution in [3.05, 3.63) is 63.7 Å². The molecule has 152 valence electrons. The van der Waals surface area contributed by atoms with Crippen LogP contribution in [-0.2, 0) is 9.59 Å². The van der Waals surface area contributed by atoms with Gasteiger partial charge in [-0.1, -0.05) is 23.8 Å². The van der Waals surface area contributed by atoms with Gasteiger partial charge in [0.2, 0.25) is 5.91 Å². The Morgan fingerprint density at radius 2 is 1.79 bits per heavy atom. The van der Waals surface area contributed by atoms with Crippen LogP contribution >= 0.6 is 0 Å². The third kappa shape index (κ3) is 7.06. The Morgan fingerprint density at radius 3 is 2.45 bits per heavy atom. The van der Waals surface area contributed by atoms with E-state index in [9.17, 15) is 19.7 Å². The van der Waals surface area contributed by atoms with Gasteiger partial charge in [0.25, 0.3) is 11.6 Å². The van der Waals surface area contributed by atoms with Crippen LogP contribution in [0.25, 0.3) is 0 Å². The summed E-state index contributed by atoms with van der Waals surface area (Å²) in [5, 5.41) is 17.3. The van der Waals surface area contributed by atoms with Gasteiger partial charge in [-0.3, -0.25) is 19.7 Å². The third-order valence-corrected chi connectivity index (χ3v) is 3.88. The molecule has 2 aromatic rings. The second-order valence-electron chi connectivity index (χ2n) is 6.47. The molecule has 2 aromatic carbocycles. The number of non-ortho nitro benzene ring substituents is 1. The van der Waals surface area contributed by atoms with Crippen LogP contribution in [0.15, 0.2) is 47.6 Å². The van der Waals surface area contributed by atoms with Crippen molar-refractivity contribution in [3.8, 4) is 5.75 Å². The first-order valence-corrected chi connectivity index (χ1v) is 8.81. The summed E-state index contributed by atoms with van der Waals surface area (Å²) in [6.07, 6.45) is -0.0821. The maximum absolute atomic E-state index is 12.1. The summed E-state index contributed by atoms with van der Waals surface area (Å²) in [5.41, 5.74) is 4.71. The average Bonchev–Trinajstić information content (AvgIpc) is 2.67. The highest BCUT2D eigenvalue weighted by molar-refractivity contribution is 6.06. The minimum absolute atomic E-state index is 0.0821. The van der Waals surface area contributed by atoms with E-state index in [1.807, 2.05) is 19.1 Å². The first kappa shape index (κ1) is 21.5. The molecule has 29 heavy (non-hydrogen) atoms. The van der Waals surface area contributed by atoms with E-state index in [0.29, 0.717) is 22.7 Å². The molecule has 0 aliphatic carbocycles. The first-order valence-electron chi connectivity index (χ1n) is 8.81. The predicted molar refractivity (Wildman–Crippen MR) is 109 cm³/mol. The van der Waals surface area contributed by atoms with E-state index < -0.39 is 16.7 Å². The lowest BCUT2D eigenvalue weighted by Crippen LogP contribution is -2.26. The molecule has 2 N–H and O–H groups in total. The Hall–Kier alpha value is -3.75. The van der Waals surface area contributed by atoms with E-state index in [2.05, 4.69) is 15.8 Å². The van der Waals surface area contributed by atoms with Crippen molar-refractivity contribution in [3.63, 3.8) is 0 Å². The molecule has 9 nitrogen and oxygen atoms in total. The standard InChI is InChI=1S/C20H22N4O5/c1-13-4-8-17(9-5-13)29-12-20(26)23-22-15(3)10-19(25)21-18-11-16(24(27)28)7-6-14(18)2/h4-9,11H,10,12H2,1-3H3,(H,21,25)(H,23,26)/b22-15-. The van der Waals surface area contributed by atoms with Gasteiger partial charge < -0.3 is 10.1 Å². The number of nitro groups is 1. The van der Waals surface area contributed by atoms with Gasteiger partial charge >= 0.3 is 0 Å². The first-order chi connectivity index (χ1) is 13.7. The molecule has 0 aliphatic heterocycles. The lowest BCUT2D eigenvalue weighted by Gasteiger charge is -2.08. The van der Waals surface area contributed by atoms with E-state index in [-0.39, 0.29) is 18.7 Å². The number of hydrazone groups is 1. The van der Waals surface area contributed by atoms with E-state index in [1.165, 1.54) is 12.1 Å². The Labute approximate surface area is 167 Å². The van der Waals surface area contributed by atoms with Crippen LogP contribution in [-0.4, -0.2) is 29.1 Å². The zero-order chi connectivity index (χ0) is 21.4. The van der Waals surface area contributed by atoms with Gasteiger partial charge in [-0.25, -0.2) is 5.43 Å². The molecule has 0 saturated heterocycles. The molecule has 0 atom stereocenters. The summed E-state index contributed by atoms with van der Waals surface area (Å²) >= 11 is 0. The topological polar surface area (TPSA) is 123 Å². The number of carbonyl (C=O) groups is 2. The molecule has 0 radical (unpaired) electrons. The largest absolute Gasteiger partial charge is 0.484 e. The van der Waals surface area contributed by atoms with Crippen LogP contribution in [0.3, 0.4) is 0 Å². The van der Waals surface area contributed by atoms with Crippen LogP contribution in [0.5, 0.6) is 5.75 Å². The molecule has 2 amide bonds. The molecule has 0 aliphatic rings. The minimum Gasteiger partial charge on any atom is -0.484 e. The average molecular weight is 398 g/mol. The van der Waals surface area contributed by atoms with E-state index in [0.717, 1.165) is 5.56 Å². The molecular formula is C20H22N4O5. The van der Waals surface area contributed by atoms with Crippen molar-refractivity contribution in [2.45, 2.75) is 27.2 Å². The molecular weight excluding hydrogens is 376 g/mol. The fraction of sp³-hybridized carbons (Fsp3) is 0.250. The highest BCUT2D eigenvalue weighted by Crippen LogP contribution is 2.22. The molecule has 0 unspecified atom stereocenters.